The fourth-order valence-corrected chi connectivity index (χ4v) is 5.51. The molecule has 4 nitrogen and oxygen atoms in total. The van der Waals surface area contributed by atoms with Crippen LogP contribution < -0.4 is 4.74 Å². The lowest BCUT2D eigenvalue weighted by molar-refractivity contribution is 0.245. The topological polar surface area (TPSA) is 46.6 Å². The average Bonchev–Trinajstić information content (AvgIpc) is 2.54. The molecule has 0 aliphatic carbocycles. The molecule has 2 rings (SSSR count). The molecule has 0 spiro atoms. The first-order valence-electron chi connectivity index (χ1n) is 9.12. The summed E-state index contributed by atoms with van der Waals surface area (Å²) in [7, 11) is -3.54. The number of ether oxygens (including phenoxy) is 1. The Morgan fingerprint density at radius 1 is 1.25 bits per heavy atom. The summed E-state index contributed by atoms with van der Waals surface area (Å²) in [4.78, 5) is 0.332. The Kier molecular flexibility index (Phi) is 6.32. The van der Waals surface area contributed by atoms with Crippen molar-refractivity contribution < 1.29 is 13.2 Å². The maximum absolute atomic E-state index is 13.4. The molecule has 136 valence electrons. The first-order chi connectivity index (χ1) is 11.3. The number of benzene rings is 1. The van der Waals surface area contributed by atoms with E-state index >= 15 is 0 Å². The molecule has 0 unspecified atom stereocenters. The zero-order chi connectivity index (χ0) is 17.9. The predicted molar refractivity (Wildman–Crippen MR) is 98.3 cm³/mol. The van der Waals surface area contributed by atoms with Gasteiger partial charge in [0, 0.05) is 12.6 Å². The van der Waals surface area contributed by atoms with Crippen LogP contribution in [0.25, 0.3) is 0 Å². The Bertz CT molecular complexity index is 667. The highest BCUT2D eigenvalue weighted by Crippen LogP contribution is 2.35. The van der Waals surface area contributed by atoms with Crippen LogP contribution in [0, 0.1) is 6.92 Å². The Labute approximate surface area is 147 Å². The van der Waals surface area contributed by atoms with Crippen LogP contribution >= 0.6 is 0 Å². The van der Waals surface area contributed by atoms with Crippen molar-refractivity contribution in [2.75, 3.05) is 13.2 Å². The van der Waals surface area contributed by atoms with Crippen molar-refractivity contribution in [1.82, 2.24) is 4.31 Å². The van der Waals surface area contributed by atoms with Crippen molar-refractivity contribution in [3.8, 4) is 5.75 Å². The van der Waals surface area contributed by atoms with E-state index in [1.165, 1.54) is 0 Å². The number of nitrogens with zero attached hydrogens (tertiary/aromatic N) is 1. The fourth-order valence-electron chi connectivity index (χ4n) is 3.59. The zero-order valence-corrected chi connectivity index (χ0v) is 16.4. The highest BCUT2D eigenvalue weighted by atomic mass is 32.2. The van der Waals surface area contributed by atoms with Crippen molar-refractivity contribution in [1.29, 1.82) is 0 Å². The highest BCUT2D eigenvalue weighted by Gasteiger charge is 2.35. The van der Waals surface area contributed by atoms with Gasteiger partial charge in [-0.15, -0.1) is 0 Å². The minimum Gasteiger partial charge on any atom is -0.492 e. The van der Waals surface area contributed by atoms with Gasteiger partial charge in [0.05, 0.1) is 6.61 Å². The third-order valence-corrected chi connectivity index (χ3v) is 6.86. The van der Waals surface area contributed by atoms with Gasteiger partial charge in [-0.25, -0.2) is 8.42 Å². The third kappa shape index (κ3) is 3.77. The van der Waals surface area contributed by atoms with Crippen LogP contribution in [0.5, 0.6) is 5.75 Å². The van der Waals surface area contributed by atoms with Gasteiger partial charge in [-0.3, -0.25) is 0 Å². The minimum atomic E-state index is -3.54. The SMILES string of the molecule is CCOc1cc(C)c(C(C)C)cc1S(=O)(=O)N1CCCC[C@H]1CC. The van der Waals surface area contributed by atoms with E-state index in [1.54, 1.807) is 4.31 Å². The number of hydrogen-bond donors (Lipinski definition) is 0. The highest BCUT2D eigenvalue weighted by molar-refractivity contribution is 7.89. The molecule has 1 aliphatic rings. The first-order valence-corrected chi connectivity index (χ1v) is 10.6. The lowest BCUT2D eigenvalue weighted by atomic mass is 9.98. The van der Waals surface area contributed by atoms with Gasteiger partial charge in [-0.2, -0.15) is 4.31 Å². The van der Waals surface area contributed by atoms with Gasteiger partial charge in [-0.1, -0.05) is 27.2 Å². The van der Waals surface area contributed by atoms with Crippen LogP contribution in [-0.4, -0.2) is 31.9 Å². The summed E-state index contributed by atoms with van der Waals surface area (Å²) >= 11 is 0. The normalized spacial score (nSPS) is 19.7. The maximum atomic E-state index is 13.4. The molecule has 0 saturated carbocycles. The van der Waals surface area contributed by atoms with Crippen molar-refractivity contribution in [2.45, 2.75) is 77.2 Å². The third-order valence-electron chi connectivity index (χ3n) is 4.89. The van der Waals surface area contributed by atoms with Gasteiger partial charge in [0.1, 0.15) is 10.6 Å². The van der Waals surface area contributed by atoms with Crippen molar-refractivity contribution >= 4 is 10.0 Å². The lowest BCUT2D eigenvalue weighted by Crippen LogP contribution is -2.43. The van der Waals surface area contributed by atoms with Crippen LogP contribution in [0.1, 0.15) is 70.4 Å². The average molecular weight is 354 g/mol. The van der Waals surface area contributed by atoms with Crippen LogP contribution in [0.4, 0.5) is 0 Å². The van der Waals surface area contributed by atoms with E-state index in [0.29, 0.717) is 23.8 Å². The summed E-state index contributed by atoms with van der Waals surface area (Å²) in [6, 6.07) is 3.82. The predicted octanol–water partition coefficient (Wildman–Crippen LogP) is 4.47. The standard InChI is InChI=1S/C19H31NO3S/c1-6-16-10-8-9-11-20(16)24(21,22)19-13-17(14(3)4)15(5)12-18(19)23-7-2/h12-14,16H,6-11H2,1-5H3/t16-/m1/s1. The summed E-state index contributed by atoms with van der Waals surface area (Å²) in [6.45, 7) is 11.2. The van der Waals surface area contributed by atoms with Crippen molar-refractivity contribution in [2.24, 2.45) is 0 Å². The molecule has 0 bridgehead atoms. The molecule has 0 amide bonds. The smallest absolute Gasteiger partial charge is 0.247 e. The largest absolute Gasteiger partial charge is 0.492 e. The summed E-state index contributed by atoms with van der Waals surface area (Å²) in [5.41, 5.74) is 2.15. The Hall–Kier alpha value is -1.07. The maximum Gasteiger partial charge on any atom is 0.247 e. The second-order valence-electron chi connectivity index (χ2n) is 6.92. The van der Waals surface area contributed by atoms with Gasteiger partial charge < -0.3 is 4.74 Å². The molecule has 0 radical (unpaired) electrons. The summed E-state index contributed by atoms with van der Waals surface area (Å²) in [5.74, 6) is 0.762. The monoisotopic (exact) mass is 353 g/mol. The van der Waals surface area contributed by atoms with Crippen LogP contribution in [0.3, 0.4) is 0 Å². The van der Waals surface area contributed by atoms with Crippen molar-refractivity contribution in [3.05, 3.63) is 23.3 Å². The van der Waals surface area contributed by atoms with Gasteiger partial charge in [0.25, 0.3) is 0 Å². The van der Waals surface area contributed by atoms with Crippen LogP contribution in [-0.2, 0) is 10.0 Å². The minimum absolute atomic E-state index is 0.0991. The molecule has 1 heterocycles. The molecule has 0 aromatic heterocycles. The van der Waals surface area contributed by atoms with Gasteiger partial charge in [0.15, 0.2) is 0 Å². The van der Waals surface area contributed by atoms with Crippen LogP contribution in [0.15, 0.2) is 17.0 Å². The number of rotatable bonds is 6. The summed E-state index contributed by atoms with van der Waals surface area (Å²) < 4.78 is 34.2. The number of hydrogen-bond acceptors (Lipinski definition) is 3. The molecular formula is C19H31NO3S. The summed E-state index contributed by atoms with van der Waals surface area (Å²) in [5, 5.41) is 0. The van der Waals surface area contributed by atoms with E-state index < -0.39 is 10.0 Å². The number of aryl methyl sites for hydroxylation is 1. The lowest BCUT2D eigenvalue weighted by Gasteiger charge is -2.34. The van der Waals surface area contributed by atoms with E-state index in [1.807, 2.05) is 26.0 Å². The van der Waals surface area contributed by atoms with Gasteiger partial charge >= 0.3 is 0 Å². The quantitative estimate of drug-likeness (QED) is 0.758. The molecule has 1 saturated heterocycles. The first kappa shape index (κ1) is 19.3. The fraction of sp³-hybridized carbons (Fsp3) is 0.684. The van der Waals surface area contributed by atoms with Crippen LogP contribution in [0.2, 0.25) is 0 Å². The molecule has 5 heteroatoms. The Morgan fingerprint density at radius 2 is 1.96 bits per heavy atom. The molecule has 24 heavy (non-hydrogen) atoms. The Morgan fingerprint density at radius 3 is 2.54 bits per heavy atom. The van der Waals surface area contributed by atoms with Crippen molar-refractivity contribution in [3.63, 3.8) is 0 Å². The molecular weight excluding hydrogens is 322 g/mol. The van der Waals surface area contributed by atoms with E-state index in [2.05, 4.69) is 20.8 Å². The van der Waals surface area contributed by atoms with E-state index in [4.69, 9.17) is 4.74 Å². The van der Waals surface area contributed by atoms with Gasteiger partial charge in [-0.05, 0) is 62.3 Å². The van der Waals surface area contributed by atoms with Gasteiger partial charge in [0.2, 0.25) is 10.0 Å². The van der Waals surface area contributed by atoms with E-state index in [9.17, 15) is 8.42 Å². The van der Waals surface area contributed by atoms with E-state index in [-0.39, 0.29) is 12.0 Å². The second-order valence-corrected chi connectivity index (χ2v) is 8.78. The second kappa shape index (κ2) is 7.87. The molecule has 0 N–H and O–H groups in total. The summed E-state index contributed by atoms with van der Waals surface area (Å²) in [6.07, 6.45) is 3.84. The number of sulfonamides is 1. The number of piperidine rings is 1. The van der Waals surface area contributed by atoms with E-state index in [0.717, 1.165) is 36.8 Å². The molecule has 1 aromatic carbocycles. The zero-order valence-electron chi connectivity index (χ0n) is 15.6. The molecule has 1 aliphatic heterocycles. The molecule has 1 fully saturated rings. The molecule has 1 aromatic rings. The Balaban J connectivity index is 2.56. The molecule has 1 atom stereocenters.